The van der Waals surface area contributed by atoms with Crippen LogP contribution in [0, 0.1) is 5.92 Å². The summed E-state index contributed by atoms with van der Waals surface area (Å²) in [5, 5.41) is 0. The lowest BCUT2D eigenvalue weighted by atomic mass is 10.00. The highest BCUT2D eigenvalue weighted by molar-refractivity contribution is 5.78. The zero-order chi connectivity index (χ0) is 17.0. The van der Waals surface area contributed by atoms with Gasteiger partial charge in [-0.25, -0.2) is 0 Å². The molecule has 0 atom stereocenters. The molecule has 1 aromatic carbocycles. The monoisotopic (exact) mass is 328 g/mol. The Kier molecular flexibility index (Phi) is 5.68. The van der Waals surface area contributed by atoms with Crippen molar-refractivity contribution in [3.05, 3.63) is 35.4 Å². The van der Waals surface area contributed by atoms with Crippen LogP contribution in [0.1, 0.15) is 25.0 Å². The largest absolute Gasteiger partial charge is 0.406 e. The van der Waals surface area contributed by atoms with E-state index in [1.54, 1.807) is 0 Å². The van der Waals surface area contributed by atoms with Crippen LogP contribution in [0.2, 0.25) is 0 Å². The van der Waals surface area contributed by atoms with Crippen molar-refractivity contribution in [1.82, 2.24) is 9.80 Å². The van der Waals surface area contributed by atoms with Gasteiger partial charge in [-0.15, -0.1) is 0 Å². The second-order valence-corrected chi connectivity index (χ2v) is 6.51. The summed E-state index contributed by atoms with van der Waals surface area (Å²) in [7, 11) is 0. The van der Waals surface area contributed by atoms with Gasteiger partial charge in [0, 0.05) is 19.6 Å². The fourth-order valence-electron chi connectivity index (χ4n) is 2.89. The van der Waals surface area contributed by atoms with E-state index in [-0.39, 0.29) is 19.0 Å². The fraction of sp³-hybridized carbons (Fsp3) is 0.588. The van der Waals surface area contributed by atoms with E-state index in [1.165, 1.54) is 5.56 Å². The molecule has 0 radical (unpaired) electrons. The Morgan fingerprint density at radius 3 is 2.52 bits per heavy atom. The highest BCUT2D eigenvalue weighted by atomic mass is 19.4. The predicted molar refractivity (Wildman–Crippen MR) is 82.9 cm³/mol. The van der Waals surface area contributed by atoms with Crippen LogP contribution < -0.4 is 0 Å². The average molecular weight is 328 g/mol. The Labute approximate surface area is 135 Å². The zero-order valence-corrected chi connectivity index (χ0v) is 13.6. The minimum absolute atomic E-state index is 0.00313. The van der Waals surface area contributed by atoms with Gasteiger partial charge >= 0.3 is 6.18 Å². The molecule has 1 heterocycles. The van der Waals surface area contributed by atoms with Crippen LogP contribution >= 0.6 is 0 Å². The smallest absolute Gasteiger partial charge is 0.332 e. The fourth-order valence-corrected chi connectivity index (χ4v) is 2.89. The Hall–Kier alpha value is -1.56. The quantitative estimate of drug-likeness (QED) is 0.829. The number of alkyl halides is 3. The van der Waals surface area contributed by atoms with Gasteiger partial charge in [0.05, 0.1) is 6.54 Å². The van der Waals surface area contributed by atoms with Crippen molar-refractivity contribution in [1.29, 1.82) is 0 Å². The lowest BCUT2D eigenvalue weighted by Crippen LogP contribution is -2.46. The van der Waals surface area contributed by atoms with Crippen molar-refractivity contribution in [2.75, 3.05) is 26.2 Å². The maximum atomic E-state index is 12.7. The third-order valence-electron chi connectivity index (χ3n) is 3.88. The van der Waals surface area contributed by atoms with Gasteiger partial charge in [-0.1, -0.05) is 38.1 Å². The molecule has 0 aliphatic carbocycles. The first kappa shape index (κ1) is 17.8. The standard InChI is InChI=1S/C17H23F3N2O/c1-13(2)9-22(12-17(18,19)20)16(23)11-21-8-7-14-5-3-4-6-15(14)10-21/h3-6,13H,7-12H2,1-2H3. The van der Waals surface area contributed by atoms with E-state index in [2.05, 4.69) is 6.07 Å². The summed E-state index contributed by atoms with van der Waals surface area (Å²) in [6.45, 7) is 3.93. The summed E-state index contributed by atoms with van der Waals surface area (Å²) in [6, 6.07) is 7.99. The second kappa shape index (κ2) is 7.34. The molecule has 0 saturated carbocycles. The Morgan fingerprint density at radius 1 is 1.26 bits per heavy atom. The Bertz CT molecular complexity index is 543. The van der Waals surface area contributed by atoms with Gasteiger partial charge in [0.15, 0.2) is 0 Å². The number of amides is 1. The van der Waals surface area contributed by atoms with Gasteiger partial charge in [0.2, 0.25) is 5.91 Å². The van der Waals surface area contributed by atoms with E-state index in [9.17, 15) is 18.0 Å². The minimum atomic E-state index is -4.36. The highest BCUT2D eigenvalue weighted by Gasteiger charge is 2.33. The van der Waals surface area contributed by atoms with Crippen LogP contribution in [0.5, 0.6) is 0 Å². The molecule has 23 heavy (non-hydrogen) atoms. The molecule has 1 aliphatic heterocycles. The normalized spacial score (nSPS) is 15.6. The molecule has 0 spiro atoms. The lowest BCUT2D eigenvalue weighted by Gasteiger charge is -2.31. The summed E-state index contributed by atoms with van der Waals surface area (Å²) in [5.41, 5.74) is 2.41. The van der Waals surface area contributed by atoms with E-state index >= 15 is 0 Å². The SMILES string of the molecule is CC(C)CN(CC(F)(F)F)C(=O)CN1CCc2ccccc2C1. The summed E-state index contributed by atoms with van der Waals surface area (Å²) in [4.78, 5) is 15.2. The van der Waals surface area contributed by atoms with Gasteiger partial charge in [0.25, 0.3) is 0 Å². The molecule has 1 aromatic rings. The lowest BCUT2D eigenvalue weighted by molar-refractivity contribution is -0.162. The van der Waals surface area contributed by atoms with Crippen molar-refractivity contribution >= 4 is 5.91 Å². The molecule has 128 valence electrons. The number of hydrogen-bond donors (Lipinski definition) is 0. The second-order valence-electron chi connectivity index (χ2n) is 6.51. The van der Waals surface area contributed by atoms with Crippen LogP contribution in [0.25, 0.3) is 0 Å². The predicted octanol–water partition coefficient (Wildman–Crippen LogP) is 3.09. The Balaban J connectivity index is 1.98. The molecule has 1 amide bonds. The van der Waals surface area contributed by atoms with E-state index in [0.717, 1.165) is 16.9 Å². The number of carbonyl (C=O) groups is 1. The summed E-state index contributed by atoms with van der Waals surface area (Å²) in [6.07, 6.45) is -3.54. The average Bonchev–Trinajstić information content (AvgIpc) is 2.44. The molecule has 0 N–H and O–H groups in total. The molecule has 0 bridgehead atoms. The topological polar surface area (TPSA) is 23.6 Å². The molecule has 1 aliphatic rings. The molecule has 3 nitrogen and oxygen atoms in total. The van der Waals surface area contributed by atoms with Gasteiger partial charge in [-0.2, -0.15) is 13.2 Å². The molecule has 0 fully saturated rings. The number of halogens is 3. The summed E-state index contributed by atoms with van der Waals surface area (Å²) < 4.78 is 38.1. The van der Waals surface area contributed by atoms with Gasteiger partial charge in [0.1, 0.15) is 6.54 Å². The van der Waals surface area contributed by atoms with E-state index in [1.807, 2.05) is 36.9 Å². The first-order valence-electron chi connectivity index (χ1n) is 7.88. The molecule has 0 unspecified atom stereocenters. The first-order chi connectivity index (χ1) is 10.7. The molecule has 2 rings (SSSR count). The molecule has 0 aromatic heterocycles. The minimum Gasteiger partial charge on any atom is -0.332 e. The van der Waals surface area contributed by atoms with E-state index in [4.69, 9.17) is 0 Å². The first-order valence-corrected chi connectivity index (χ1v) is 7.88. The van der Waals surface area contributed by atoms with Gasteiger partial charge < -0.3 is 4.90 Å². The van der Waals surface area contributed by atoms with Crippen LogP contribution in [0.4, 0.5) is 13.2 Å². The number of rotatable bonds is 5. The van der Waals surface area contributed by atoms with Crippen molar-refractivity contribution < 1.29 is 18.0 Å². The maximum absolute atomic E-state index is 12.7. The molecule has 0 saturated heterocycles. The number of benzene rings is 1. The van der Waals surface area contributed by atoms with Crippen molar-refractivity contribution in [2.24, 2.45) is 5.92 Å². The van der Waals surface area contributed by atoms with Crippen molar-refractivity contribution in [3.8, 4) is 0 Å². The van der Waals surface area contributed by atoms with Crippen LogP contribution in [-0.2, 0) is 17.8 Å². The van der Waals surface area contributed by atoms with E-state index in [0.29, 0.717) is 13.1 Å². The van der Waals surface area contributed by atoms with Crippen molar-refractivity contribution in [3.63, 3.8) is 0 Å². The maximum Gasteiger partial charge on any atom is 0.406 e. The van der Waals surface area contributed by atoms with Crippen molar-refractivity contribution in [2.45, 2.75) is 33.0 Å². The number of nitrogens with zero attached hydrogens (tertiary/aromatic N) is 2. The van der Waals surface area contributed by atoms with Crippen LogP contribution in [0.3, 0.4) is 0 Å². The number of hydrogen-bond acceptors (Lipinski definition) is 2. The summed E-state index contributed by atoms with van der Waals surface area (Å²) in [5.74, 6) is -0.446. The third-order valence-corrected chi connectivity index (χ3v) is 3.88. The van der Waals surface area contributed by atoms with E-state index < -0.39 is 18.6 Å². The number of carbonyl (C=O) groups excluding carboxylic acids is 1. The number of fused-ring (bicyclic) bond motifs is 1. The molecular weight excluding hydrogens is 305 g/mol. The molecular formula is C17H23F3N2O. The third kappa shape index (κ3) is 5.53. The Morgan fingerprint density at radius 2 is 1.91 bits per heavy atom. The zero-order valence-electron chi connectivity index (χ0n) is 13.6. The van der Waals surface area contributed by atoms with Crippen LogP contribution in [0.15, 0.2) is 24.3 Å². The van der Waals surface area contributed by atoms with Gasteiger partial charge in [-0.3, -0.25) is 9.69 Å². The van der Waals surface area contributed by atoms with Crippen LogP contribution in [-0.4, -0.2) is 48.1 Å². The van der Waals surface area contributed by atoms with Gasteiger partial charge in [-0.05, 0) is 23.5 Å². The molecule has 6 heteroatoms. The summed E-state index contributed by atoms with van der Waals surface area (Å²) >= 11 is 0. The highest BCUT2D eigenvalue weighted by Crippen LogP contribution is 2.20.